The van der Waals surface area contributed by atoms with Crippen LogP contribution in [0.25, 0.3) is 0 Å². The summed E-state index contributed by atoms with van der Waals surface area (Å²) >= 11 is 0. The minimum Gasteiger partial charge on any atom is -0.0622 e. The van der Waals surface area contributed by atoms with E-state index in [9.17, 15) is 0 Å². The first-order valence-corrected chi connectivity index (χ1v) is 10.0. The molecule has 4 aromatic carbocycles. The van der Waals surface area contributed by atoms with E-state index < -0.39 is 0 Å². The lowest BCUT2D eigenvalue weighted by Gasteiger charge is -2.21. The zero-order valence-corrected chi connectivity index (χ0v) is 16.1. The number of hydrogen-bond acceptors (Lipinski definition) is 0. The Hall–Kier alpha value is -3.12. The third kappa shape index (κ3) is 2.60. The van der Waals surface area contributed by atoms with Gasteiger partial charge < -0.3 is 0 Å². The zero-order chi connectivity index (χ0) is 19.0. The van der Waals surface area contributed by atoms with Gasteiger partial charge >= 0.3 is 0 Å². The van der Waals surface area contributed by atoms with Crippen molar-refractivity contribution in [2.45, 2.75) is 24.2 Å². The highest BCUT2D eigenvalue weighted by Gasteiger charge is 2.66. The van der Waals surface area contributed by atoms with Gasteiger partial charge in [-0.25, -0.2) is 0 Å². The lowest BCUT2D eigenvalue weighted by molar-refractivity contribution is 0.782. The second-order valence-corrected chi connectivity index (χ2v) is 7.88. The second-order valence-electron chi connectivity index (χ2n) is 7.88. The summed E-state index contributed by atoms with van der Waals surface area (Å²) in [6.45, 7) is 2.16. The molecule has 1 aliphatic carbocycles. The lowest BCUT2D eigenvalue weighted by Crippen LogP contribution is -2.14. The molecule has 0 heteroatoms. The van der Waals surface area contributed by atoms with Crippen molar-refractivity contribution >= 4 is 0 Å². The molecule has 0 aromatic heterocycles. The Labute approximate surface area is 167 Å². The van der Waals surface area contributed by atoms with Gasteiger partial charge in [-0.05, 0) is 29.2 Å². The topological polar surface area (TPSA) is 0 Å². The Balaban J connectivity index is 1.77. The number of hydrogen-bond donors (Lipinski definition) is 0. The molecule has 0 radical (unpaired) electrons. The van der Waals surface area contributed by atoms with Gasteiger partial charge in [0.05, 0.1) is 0 Å². The summed E-state index contributed by atoms with van der Waals surface area (Å²) in [7, 11) is 0. The maximum atomic E-state index is 2.33. The van der Waals surface area contributed by atoms with Gasteiger partial charge in [0.2, 0.25) is 0 Å². The number of rotatable bonds is 4. The van der Waals surface area contributed by atoms with Gasteiger partial charge in [0.25, 0.3) is 0 Å². The summed E-state index contributed by atoms with van der Waals surface area (Å²) in [5, 5.41) is 0. The average Bonchev–Trinajstić information content (AvgIpc) is 3.47. The second kappa shape index (κ2) is 6.80. The smallest absolute Gasteiger partial charge is 0.0352 e. The van der Waals surface area contributed by atoms with Crippen molar-refractivity contribution in [3.05, 3.63) is 143 Å². The van der Waals surface area contributed by atoms with E-state index in [1.54, 1.807) is 0 Å². The standard InChI is InChI=1S/C28H24/c1-21-17-19-25(20-18-21)28(24-15-9-4-10-16-24)26(22-11-5-2-6-12-22)27(28)23-13-7-3-8-14-23/h2-20,26-27H,1H3/t26-,27-/m0/s1. The maximum absolute atomic E-state index is 2.33. The molecule has 4 aromatic rings. The minimum atomic E-state index is -0.0301. The van der Waals surface area contributed by atoms with Crippen LogP contribution in [0.1, 0.15) is 39.7 Å². The number of benzene rings is 4. The van der Waals surface area contributed by atoms with Gasteiger partial charge in [-0.2, -0.15) is 0 Å². The van der Waals surface area contributed by atoms with Crippen LogP contribution in [-0.4, -0.2) is 0 Å². The van der Waals surface area contributed by atoms with E-state index in [2.05, 4.69) is 122 Å². The fourth-order valence-corrected chi connectivity index (χ4v) is 5.05. The minimum absolute atomic E-state index is 0.0301. The Morgan fingerprint density at radius 3 is 1.32 bits per heavy atom. The molecular weight excluding hydrogens is 336 g/mol. The van der Waals surface area contributed by atoms with Crippen molar-refractivity contribution in [3.63, 3.8) is 0 Å². The average molecular weight is 361 g/mol. The Morgan fingerprint density at radius 2 is 0.857 bits per heavy atom. The molecule has 0 saturated heterocycles. The van der Waals surface area contributed by atoms with Gasteiger partial charge in [-0.1, -0.05) is 121 Å². The van der Waals surface area contributed by atoms with E-state index in [-0.39, 0.29) is 5.41 Å². The summed E-state index contributed by atoms with van der Waals surface area (Å²) in [4.78, 5) is 0. The Bertz CT molecular complexity index is 1000. The molecule has 0 amide bonds. The van der Waals surface area contributed by atoms with Crippen LogP contribution < -0.4 is 0 Å². The zero-order valence-electron chi connectivity index (χ0n) is 16.1. The first-order valence-electron chi connectivity index (χ1n) is 10.0. The van der Waals surface area contributed by atoms with Crippen LogP contribution >= 0.6 is 0 Å². The summed E-state index contributed by atoms with van der Waals surface area (Å²) in [5.41, 5.74) is 6.92. The molecule has 1 fully saturated rings. The Kier molecular flexibility index (Phi) is 4.13. The van der Waals surface area contributed by atoms with Crippen LogP contribution in [-0.2, 0) is 5.41 Å². The predicted molar refractivity (Wildman–Crippen MR) is 117 cm³/mol. The summed E-state index contributed by atoms with van der Waals surface area (Å²) in [5.74, 6) is 0.863. The summed E-state index contributed by atoms with van der Waals surface area (Å²) < 4.78 is 0. The molecule has 136 valence electrons. The molecule has 1 aliphatic rings. The molecule has 0 aliphatic heterocycles. The number of aryl methyl sites for hydroxylation is 1. The summed E-state index contributed by atoms with van der Waals surface area (Å²) in [6.07, 6.45) is 0. The third-order valence-electron chi connectivity index (χ3n) is 6.30. The van der Waals surface area contributed by atoms with Crippen molar-refractivity contribution in [3.8, 4) is 0 Å². The molecule has 0 bridgehead atoms. The molecule has 0 heterocycles. The van der Waals surface area contributed by atoms with Gasteiger partial charge in [0.1, 0.15) is 0 Å². The van der Waals surface area contributed by atoms with Crippen LogP contribution in [0.2, 0.25) is 0 Å². The highest BCUT2D eigenvalue weighted by molar-refractivity contribution is 5.61. The van der Waals surface area contributed by atoms with Crippen molar-refractivity contribution in [2.75, 3.05) is 0 Å². The molecular formula is C28H24. The molecule has 2 atom stereocenters. The van der Waals surface area contributed by atoms with Crippen LogP contribution in [0.3, 0.4) is 0 Å². The largest absolute Gasteiger partial charge is 0.0622 e. The lowest BCUT2D eigenvalue weighted by atomic mass is 9.82. The van der Waals surface area contributed by atoms with E-state index >= 15 is 0 Å². The van der Waals surface area contributed by atoms with Crippen molar-refractivity contribution < 1.29 is 0 Å². The van der Waals surface area contributed by atoms with Crippen molar-refractivity contribution in [1.82, 2.24) is 0 Å². The summed E-state index contributed by atoms with van der Waals surface area (Å²) in [6, 6.07) is 42.3. The van der Waals surface area contributed by atoms with E-state index in [1.165, 1.54) is 27.8 Å². The van der Waals surface area contributed by atoms with Crippen molar-refractivity contribution in [1.29, 1.82) is 0 Å². The van der Waals surface area contributed by atoms with Crippen LogP contribution in [0.15, 0.2) is 115 Å². The molecule has 28 heavy (non-hydrogen) atoms. The quantitative estimate of drug-likeness (QED) is 0.373. The molecule has 0 unspecified atom stereocenters. The van der Waals surface area contributed by atoms with E-state index in [0.717, 1.165) is 0 Å². The monoisotopic (exact) mass is 360 g/mol. The first-order chi connectivity index (χ1) is 13.8. The third-order valence-corrected chi connectivity index (χ3v) is 6.30. The van der Waals surface area contributed by atoms with Gasteiger partial charge in [0, 0.05) is 17.3 Å². The van der Waals surface area contributed by atoms with Crippen molar-refractivity contribution in [2.24, 2.45) is 0 Å². The van der Waals surface area contributed by atoms with Gasteiger partial charge in [-0.3, -0.25) is 0 Å². The van der Waals surface area contributed by atoms with E-state index in [1.807, 2.05) is 0 Å². The van der Waals surface area contributed by atoms with Crippen LogP contribution in [0.4, 0.5) is 0 Å². The molecule has 0 N–H and O–H groups in total. The van der Waals surface area contributed by atoms with E-state index in [4.69, 9.17) is 0 Å². The normalized spacial score (nSPS) is 23.3. The fourth-order valence-electron chi connectivity index (χ4n) is 5.05. The molecule has 1 saturated carbocycles. The highest BCUT2D eigenvalue weighted by Crippen LogP contribution is 2.73. The van der Waals surface area contributed by atoms with Crippen LogP contribution in [0, 0.1) is 6.92 Å². The van der Waals surface area contributed by atoms with Gasteiger partial charge in [-0.15, -0.1) is 0 Å². The molecule has 5 rings (SSSR count). The maximum Gasteiger partial charge on any atom is 0.0352 e. The molecule has 0 nitrogen and oxygen atoms in total. The highest BCUT2D eigenvalue weighted by atomic mass is 14.7. The fraction of sp³-hybridized carbons (Fsp3) is 0.143. The van der Waals surface area contributed by atoms with Gasteiger partial charge in [0.15, 0.2) is 0 Å². The predicted octanol–water partition coefficient (Wildman–Crippen LogP) is 6.86. The first kappa shape index (κ1) is 17.0. The Morgan fingerprint density at radius 1 is 0.464 bits per heavy atom. The SMILES string of the molecule is Cc1ccc(C2(c3ccccc3)[C@@H](c3ccccc3)[C@@H]2c2ccccc2)cc1. The van der Waals surface area contributed by atoms with Crippen LogP contribution in [0.5, 0.6) is 0 Å². The van der Waals surface area contributed by atoms with E-state index in [0.29, 0.717) is 11.8 Å². The molecule has 0 spiro atoms.